The highest BCUT2D eigenvalue weighted by atomic mass is 16.5. The summed E-state index contributed by atoms with van der Waals surface area (Å²) in [6.07, 6.45) is 0.142. The van der Waals surface area contributed by atoms with Crippen molar-refractivity contribution in [1.82, 2.24) is 5.32 Å². The molecule has 1 atom stereocenters. The van der Waals surface area contributed by atoms with Crippen LogP contribution in [0.5, 0.6) is 0 Å². The Morgan fingerprint density at radius 1 is 1.41 bits per heavy atom. The zero-order chi connectivity index (χ0) is 13.3. The van der Waals surface area contributed by atoms with Crippen molar-refractivity contribution in [2.45, 2.75) is 39.3 Å². The fourth-order valence-corrected chi connectivity index (χ4v) is 1.18. The summed E-state index contributed by atoms with van der Waals surface area (Å²) in [4.78, 5) is 15.2. The minimum atomic E-state index is -0.263. The third-order valence-electron chi connectivity index (χ3n) is 1.78. The van der Waals surface area contributed by atoms with E-state index in [4.69, 9.17) is 15.2 Å². The molecule has 0 bridgehead atoms. The number of carbonyl (C=O) groups is 1. The topological polar surface area (TPSA) is 85.9 Å². The van der Waals surface area contributed by atoms with E-state index in [0.717, 1.165) is 0 Å². The summed E-state index contributed by atoms with van der Waals surface area (Å²) >= 11 is 0. The highest BCUT2D eigenvalue weighted by Crippen LogP contribution is 1.93. The second kappa shape index (κ2) is 8.81. The third-order valence-corrected chi connectivity index (χ3v) is 1.78. The maximum absolute atomic E-state index is 11.2. The lowest BCUT2D eigenvalue weighted by atomic mass is 10.4. The number of nitrogens with one attached hydrogen (secondary N) is 1. The first kappa shape index (κ1) is 15.7. The molecular weight excluding hydrogens is 222 g/mol. The van der Waals surface area contributed by atoms with Crippen LogP contribution in [0.15, 0.2) is 4.99 Å². The number of methoxy groups -OCH3 is 1. The molecule has 0 aliphatic heterocycles. The molecule has 1 unspecified atom stereocenters. The van der Waals surface area contributed by atoms with E-state index in [1.54, 1.807) is 7.11 Å². The van der Waals surface area contributed by atoms with Gasteiger partial charge in [-0.25, -0.2) is 0 Å². The molecule has 0 heterocycles. The van der Waals surface area contributed by atoms with E-state index in [-0.39, 0.29) is 24.5 Å². The van der Waals surface area contributed by atoms with Gasteiger partial charge in [-0.3, -0.25) is 9.79 Å². The van der Waals surface area contributed by atoms with Gasteiger partial charge in [0.25, 0.3) is 0 Å². The van der Waals surface area contributed by atoms with Crippen LogP contribution in [0.4, 0.5) is 0 Å². The average molecular weight is 245 g/mol. The Balaban J connectivity index is 3.80. The van der Waals surface area contributed by atoms with E-state index in [2.05, 4.69) is 10.3 Å². The Kier molecular flexibility index (Phi) is 8.13. The molecular formula is C11H23N3O3. The van der Waals surface area contributed by atoms with Gasteiger partial charge in [0, 0.05) is 13.2 Å². The summed E-state index contributed by atoms with van der Waals surface area (Å²) in [5.74, 6) is 0.0494. The number of nitrogens with zero attached hydrogens (tertiary/aromatic N) is 1. The van der Waals surface area contributed by atoms with Crippen LogP contribution in [0.1, 0.15) is 27.2 Å². The van der Waals surface area contributed by atoms with Gasteiger partial charge in [0.15, 0.2) is 5.96 Å². The molecule has 6 heteroatoms. The lowest BCUT2D eigenvalue weighted by molar-refractivity contribution is -0.147. The van der Waals surface area contributed by atoms with Crippen molar-refractivity contribution >= 4 is 11.9 Å². The quantitative estimate of drug-likeness (QED) is 0.382. The number of guanidine groups is 1. The normalized spacial score (nSPS) is 13.6. The highest BCUT2D eigenvalue weighted by molar-refractivity contribution is 5.78. The number of esters is 1. The molecule has 0 aromatic heterocycles. The van der Waals surface area contributed by atoms with Crippen molar-refractivity contribution < 1.29 is 14.3 Å². The predicted molar refractivity (Wildman–Crippen MR) is 66.8 cm³/mol. The third kappa shape index (κ3) is 9.62. The van der Waals surface area contributed by atoms with Crippen LogP contribution < -0.4 is 11.1 Å². The van der Waals surface area contributed by atoms with Crippen molar-refractivity contribution in [2.24, 2.45) is 10.7 Å². The van der Waals surface area contributed by atoms with Crippen molar-refractivity contribution in [3.8, 4) is 0 Å². The first-order valence-corrected chi connectivity index (χ1v) is 5.70. The Bertz CT molecular complexity index is 254. The summed E-state index contributed by atoms with van der Waals surface area (Å²) in [7, 11) is 1.62. The van der Waals surface area contributed by atoms with Crippen LogP contribution in [-0.2, 0) is 14.3 Å². The maximum Gasteiger partial charge on any atom is 0.307 e. The number of rotatable bonds is 7. The van der Waals surface area contributed by atoms with Crippen LogP contribution in [0, 0.1) is 0 Å². The van der Waals surface area contributed by atoms with E-state index < -0.39 is 0 Å². The first-order valence-electron chi connectivity index (χ1n) is 5.70. The van der Waals surface area contributed by atoms with Gasteiger partial charge in [-0.2, -0.15) is 0 Å². The van der Waals surface area contributed by atoms with Gasteiger partial charge in [-0.1, -0.05) is 0 Å². The largest absolute Gasteiger partial charge is 0.463 e. The molecule has 6 nitrogen and oxygen atoms in total. The van der Waals surface area contributed by atoms with Crippen molar-refractivity contribution in [3.05, 3.63) is 0 Å². The van der Waals surface area contributed by atoms with Crippen molar-refractivity contribution in [1.29, 1.82) is 0 Å². The molecule has 0 fully saturated rings. The van der Waals surface area contributed by atoms with Crippen molar-refractivity contribution in [2.75, 3.05) is 20.3 Å². The molecule has 0 aromatic carbocycles. The van der Waals surface area contributed by atoms with Gasteiger partial charge in [0.2, 0.25) is 0 Å². The van der Waals surface area contributed by atoms with Crippen LogP contribution in [0.3, 0.4) is 0 Å². The molecule has 3 N–H and O–H groups in total. The molecule has 17 heavy (non-hydrogen) atoms. The smallest absolute Gasteiger partial charge is 0.307 e. The maximum atomic E-state index is 11.2. The van der Waals surface area contributed by atoms with E-state index in [9.17, 15) is 4.79 Å². The van der Waals surface area contributed by atoms with Gasteiger partial charge in [0.1, 0.15) is 0 Å². The molecule has 0 aromatic rings. The van der Waals surface area contributed by atoms with Gasteiger partial charge < -0.3 is 20.5 Å². The zero-order valence-corrected chi connectivity index (χ0v) is 11.0. The first-order chi connectivity index (χ1) is 7.95. The van der Waals surface area contributed by atoms with E-state index in [0.29, 0.717) is 19.1 Å². The van der Waals surface area contributed by atoms with Gasteiger partial charge in [-0.05, 0) is 20.8 Å². The Morgan fingerprint density at radius 3 is 2.59 bits per heavy atom. The number of hydrogen-bond donors (Lipinski definition) is 2. The summed E-state index contributed by atoms with van der Waals surface area (Å²) in [6.45, 7) is 6.42. The molecule has 0 rings (SSSR count). The van der Waals surface area contributed by atoms with Crippen LogP contribution >= 0.6 is 0 Å². The van der Waals surface area contributed by atoms with E-state index in [1.807, 2.05) is 20.8 Å². The molecule has 0 aliphatic rings. The average Bonchev–Trinajstić information content (AvgIpc) is 2.16. The number of nitrogens with two attached hydrogens (primary N) is 1. The van der Waals surface area contributed by atoms with Crippen LogP contribution in [0.25, 0.3) is 0 Å². The molecule has 0 saturated heterocycles. The summed E-state index contributed by atoms with van der Waals surface area (Å²) in [6, 6.07) is 0.0892. The van der Waals surface area contributed by atoms with Gasteiger partial charge in [0.05, 0.1) is 25.7 Å². The molecule has 0 saturated carbocycles. The summed E-state index contributed by atoms with van der Waals surface area (Å²) < 4.78 is 9.91. The minimum absolute atomic E-state index is 0.0892. The zero-order valence-electron chi connectivity index (χ0n) is 11.0. The monoisotopic (exact) mass is 245 g/mol. The van der Waals surface area contributed by atoms with Crippen molar-refractivity contribution in [3.63, 3.8) is 0 Å². The Labute approximate surface area is 103 Å². The van der Waals surface area contributed by atoms with E-state index in [1.165, 1.54) is 0 Å². The number of carbonyl (C=O) groups excluding carboxylic acids is 1. The lowest BCUT2D eigenvalue weighted by Gasteiger charge is -2.13. The standard InChI is InChI=1S/C11H23N3O3/c1-8(2)17-10(15)5-6-13-11(12)14-9(3)7-16-4/h8-9H,5-7H2,1-4H3,(H3,12,13,14). The fourth-order valence-electron chi connectivity index (χ4n) is 1.18. The molecule has 100 valence electrons. The highest BCUT2D eigenvalue weighted by Gasteiger charge is 2.05. The molecule has 0 aliphatic carbocycles. The second-order valence-electron chi connectivity index (χ2n) is 4.06. The molecule has 0 amide bonds. The van der Waals surface area contributed by atoms with E-state index >= 15 is 0 Å². The van der Waals surface area contributed by atoms with Crippen LogP contribution in [-0.4, -0.2) is 44.3 Å². The molecule has 0 radical (unpaired) electrons. The Morgan fingerprint density at radius 2 is 2.06 bits per heavy atom. The van der Waals surface area contributed by atoms with Gasteiger partial charge in [-0.15, -0.1) is 0 Å². The Hall–Kier alpha value is -1.30. The SMILES string of the molecule is COCC(C)NC(N)=NCCC(=O)OC(C)C. The van der Waals surface area contributed by atoms with Crippen LogP contribution in [0.2, 0.25) is 0 Å². The number of hydrogen-bond acceptors (Lipinski definition) is 4. The second-order valence-corrected chi connectivity index (χ2v) is 4.06. The predicted octanol–water partition coefficient (Wildman–Crippen LogP) is 0.267. The number of ether oxygens (including phenoxy) is 2. The fraction of sp³-hybridized carbons (Fsp3) is 0.818. The number of aliphatic imine (C=N–C) groups is 1. The summed E-state index contributed by atoms with van der Waals surface area (Å²) in [5.41, 5.74) is 5.62. The minimum Gasteiger partial charge on any atom is -0.463 e. The van der Waals surface area contributed by atoms with Gasteiger partial charge >= 0.3 is 5.97 Å². The summed E-state index contributed by atoms with van der Waals surface area (Å²) in [5, 5.41) is 2.95. The molecule has 0 spiro atoms. The lowest BCUT2D eigenvalue weighted by Crippen LogP contribution is -2.40.